The number of benzene rings is 2. The van der Waals surface area contributed by atoms with E-state index in [0.29, 0.717) is 15.2 Å². The Morgan fingerprint density at radius 1 is 0.957 bits per heavy atom. The van der Waals surface area contributed by atoms with Crippen LogP contribution in [0.5, 0.6) is 0 Å². The fourth-order valence-electron chi connectivity index (χ4n) is 2.28. The van der Waals surface area contributed by atoms with Crippen molar-refractivity contribution in [1.82, 2.24) is 5.32 Å². The molecule has 0 amide bonds. The summed E-state index contributed by atoms with van der Waals surface area (Å²) >= 11 is 17.3. The molecule has 2 aromatic rings. The number of rotatable bonds is 4. The summed E-state index contributed by atoms with van der Waals surface area (Å²) in [6.07, 6.45) is 0.824. The number of halogens is 2. The average Bonchev–Trinajstić information content (AvgIpc) is 2.48. The van der Waals surface area contributed by atoms with Crippen molar-refractivity contribution < 1.29 is 0 Å². The quantitative estimate of drug-likeness (QED) is 0.703. The van der Waals surface area contributed by atoms with Crippen molar-refractivity contribution in [1.29, 1.82) is 0 Å². The normalized spacial score (nSPS) is 10.5. The van der Waals surface area contributed by atoms with Crippen LogP contribution in [0.2, 0.25) is 10.0 Å². The van der Waals surface area contributed by atoms with Crippen LogP contribution < -0.4 is 10.6 Å². The first-order valence-corrected chi connectivity index (χ1v) is 8.60. The van der Waals surface area contributed by atoms with Gasteiger partial charge in [0.2, 0.25) is 0 Å². The van der Waals surface area contributed by atoms with Crippen molar-refractivity contribution in [2.24, 2.45) is 0 Å². The zero-order chi connectivity index (χ0) is 17.0. The standard InChI is InChI=1S/C18H20Cl2N2S/c1-11-8-13(3)17(9-12(11)2)22-18(23)21-7-6-14-4-5-15(19)16(20)10-14/h4-5,8-10H,6-7H2,1-3H3,(H2,21,22,23). The Hall–Kier alpha value is -1.29. The minimum absolute atomic E-state index is 0.575. The molecule has 0 aliphatic heterocycles. The van der Waals surface area contributed by atoms with Crippen molar-refractivity contribution >= 4 is 46.2 Å². The Bertz CT molecular complexity index is 729. The molecule has 0 aromatic heterocycles. The number of hydrogen-bond acceptors (Lipinski definition) is 1. The Morgan fingerprint density at radius 2 is 1.65 bits per heavy atom. The fraction of sp³-hybridized carbons (Fsp3) is 0.278. The van der Waals surface area contributed by atoms with E-state index in [2.05, 4.69) is 43.5 Å². The van der Waals surface area contributed by atoms with E-state index < -0.39 is 0 Å². The molecule has 0 radical (unpaired) electrons. The molecule has 2 rings (SSSR count). The van der Waals surface area contributed by atoms with E-state index in [9.17, 15) is 0 Å². The average molecular weight is 367 g/mol. The molecule has 0 aliphatic carbocycles. The van der Waals surface area contributed by atoms with Crippen LogP contribution in [-0.2, 0) is 6.42 Å². The molecule has 0 atom stereocenters. The van der Waals surface area contributed by atoms with Crippen LogP contribution >= 0.6 is 35.4 Å². The van der Waals surface area contributed by atoms with Gasteiger partial charge in [0, 0.05) is 12.2 Å². The largest absolute Gasteiger partial charge is 0.362 e. The van der Waals surface area contributed by atoms with Gasteiger partial charge in [-0.05, 0) is 79.9 Å². The molecular weight excluding hydrogens is 347 g/mol. The molecule has 0 saturated carbocycles. The lowest BCUT2D eigenvalue weighted by molar-refractivity contribution is 0.873. The molecule has 0 bridgehead atoms. The molecule has 0 unspecified atom stereocenters. The minimum Gasteiger partial charge on any atom is -0.362 e. The third-order valence-corrected chi connectivity index (χ3v) is 4.76. The molecule has 2 nitrogen and oxygen atoms in total. The first-order valence-electron chi connectivity index (χ1n) is 7.43. The van der Waals surface area contributed by atoms with Crippen molar-refractivity contribution in [3.63, 3.8) is 0 Å². The lowest BCUT2D eigenvalue weighted by atomic mass is 10.1. The number of nitrogens with one attached hydrogen (secondary N) is 2. The number of thiocarbonyl (C=S) groups is 1. The molecule has 23 heavy (non-hydrogen) atoms. The van der Waals surface area contributed by atoms with Gasteiger partial charge in [0.25, 0.3) is 0 Å². The first-order chi connectivity index (χ1) is 10.9. The highest BCUT2D eigenvalue weighted by molar-refractivity contribution is 7.80. The maximum atomic E-state index is 6.02. The third-order valence-electron chi connectivity index (χ3n) is 3.77. The molecule has 0 heterocycles. The van der Waals surface area contributed by atoms with Crippen LogP contribution in [0.1, 0.15) is 22.3 Å². The Kier molecular flexibility index (Phi) is 6.28. The van der Waals surface area contributed by atoms with Crippen LogP contribution in [0.4, 0.5) is 5.69 Å². The molecule has 0 spiro atoms. The van der Waals surface area contributed by atoms with E-state index in [0.717, 1.165) is 24.2 Å². The van der Waals surface area contributed by atoms with Gasteiger partial charge >= 0.3 is 0 Å². The second-order valence-corrected chi connectivity index (χ2v) is 6.85. The van der Waals surface area contributed by atoms with Crippen LogP contribution in [0.15, 0.2) is 30.3 Å². The summed E-state index contributed by atoms with van der Waals surface area (Å²) in [6.45, 7) is 7.02. The predicted molar refractivity (Wildman–Crippen MR) is 105 cm³/mol. The maximum Gasteiger partial charge on any atom is 0.170 e. The topological polar surface area (TPSA) is 24.1 Å². The minimum atomic E-state index is 0.575. The summed E-state index contributed by atoms with van der Waals surface area (Å²) in [5.74, 6) is 0. The smallest absolute Gasteiger partial charge is 0.170 e. The van der Waals surface area contributed by atoms with Gasteiger partial charge in [0.15, 0.2) is 5.11 Å². The number of anilines is 1. The van der Waals surface area contributed by atoms with E-state index in [4.69, 9.17) is 35.4 Å². The molecule has 0 aliphatic rings. The van der Waals surface area contributed by atoms with E-state index in [1.165, 1.54) is 16.7 Å². The summed E-state index contributed by atoms with van der Waals surface area (Å²) < 4.78 is 0. The van der Waals surface area contributed by atoms with E-state index in [1.807, 2.05) is 18.2 Å². The van der Waals surface area contributed by atoms with Gasteiger partial charge < -0.3 is 10.6 Å². The zero-order valence-electron chi connectivity index (χ0n) is 13.5. The van der Waals surface area contributed by atoms with Gasteiger partial charge in [-0.1, -0.05) is 35.3 Å². The molecule has 2 N–H and O–H groups in total. The monoisotopic (exact) mass is 366 g/mol. The number of hydrogen-bond donors (Lipinski definition) is 2. The summed E-state index contributed by atoms with van der Waals surface area (Å²) in [6, 6.07) is 9.96. The summed E-state index contributed by atoms with van der Waals surface area (Å²) in [7, 11) is 0. The maximum absolute atomic E-state index is 6.02. The lowest BCUT2D eigenvalue weighted by Crippen LogP contribution is -2.30. The van der Waals surface area contributed by atoms with Crippen LogP contribution in [-0.4, -0.2) is 11.7 Å². The van der Waals surface area contributed by atoms with Crippen molar-refractivity contribution in [3.05, 3.63) is 62.6 Å². The van der Waals surface area contributed by atoms with Crippen molar-refractivity contribution in [2.45, 2.75) is 27.2 Å². The Balaban J connectivity index is 1.88. The van der Waals surface area contributed by atoms with Gasteiger partial charge in [0.1, 0.15) is 0 Å². The van der Waals surface area contributed by atoms with Crippen LogP contribution in [0.25, 0.3) is 0 Å². The van der Waals surface area contributed by atoms with Crippen molar-refractivity contribution in [2.75, 3.05) is 11.9 Å². The molecule has 2 aromatic carbocycles. The summed E-state index contributed by atoms with van der Waals surface area (Å²) in [5, 5.41) is 8.25. The molecule has 5 heteroatoms. The predicted octanol–water partition coefficient (Wildman–Crippen LogP) is 5.45. The van der Waals surface area contributed by atoms with E-state index in [-0.39, 0.29) is 0 Å². The van der Waals surface area contributed by atoms with Crippen LogP contribution in [0.3, 0.4) is 0 Å². The zero-order valence-corrected chi connectivity index (χ0v) is 15.8. The second kappa shape index (κ2) is 8.00. The lowest BCUT2D eigenvalue weighted by Gasteiger charge is -2.14. The Morgan fingerprint density at radius 3 is 2.35 bits per heavy atom. The second-order valence-electron chi connectivity index (χ2n) is 5.63. The Labute approximate surface area is 153 Å². The van der Waals surface area contributed by atoms with Crippen LogP contribution in [0, 0.1) is 20.8 Å². The highest BCUT2D eigenvalue weighted by atomic mass is 35.5. The highest BCUT2D eigenvalue weighted by Gasteiger charge is 2.04. The van der Waals surface area contributed by atoms with E-state index in [1.54, 1.807) is 0 Å². The van der Waals surface area contributed by atoms with Gasteiger partial charge in [0.05, 0.1) is 10.0 Å². The highest BCUT2D eigenvalue weighted by Crippen LogP contribution is 2.23. The summed E-state index contributed by atoms with van der Waals surface area (Å²) in [4.78, 5) is 0. The third kappa shape index (κ3) is 5.10. The molecule has 122 valence electrons. The SMILES string of the molecule is Cc1cc(C)c(NC(=S)NCCc2ccc(Cl)c(Cl)c2)cc1C. The van der Waals surface area contributed by atoms with Gasteiger partial charge in [-0.25, -0.2) is 0 Å². The molecular formula is C18H20Cl2N2S. The van der Waals surface area contributed by atoms with Crippen molar-refractivity contribution in [3.8, 4) is 0 Å². The first kappa shape index (κ1) is 18.1. The van der Waals surface area contributed by atoms with Gasteiger partial charge in [-0.2, -0.15) is 0 Å². The fourth-order valence-corrected chi connectivity index (χ4v) is 2.81. The molecule has 0 fully saturated rings. The summed E-state index contributed by atoms with van der Waals surface area (Å²) in [5.41, 5.74) is 5.88. The van der Waals surface area contributed by atoms with Gasteiger partial charge in [-0.15, -0.1) is 0 Å². The van der Waals surface area contributed by atoms with Gasteiger partial charge in [-0.3, -0.25) is 0 Å². The van der Waals surface area contributed by atoms with E-state index >= 15 is 0 Å². The molecule has 0 saturated heterocycles. The number of aryl methyl sites for hydroxylation is 3.